The van der Waals surface area contributed by atoms with E-state index in [1.165, 1.54) is 6.07 Å². The minimum absolute atomic E-state index is 0.0422. The molecule has 0 radical (unpaired) electrons. The molecule has 7 nitrogen and oxygen atoms in total. The zero-order valence-electron chi connectivity index (χ0n) is 16.5. The fourth-order valence-corrected chi connectivity index (χ4v) is 3.88. The van der Waals surface area contributed by atoms with Crippen molar-refractivity contribution < 1.29 is 9.13 Å². The number of benzene rings is 1. The second kappa shape index (κ2) is 7.73. The summed E-state index contributed by atoms with van der Waals surface area (Å²) in [4.78, 5) is 4.18. The zero-order valence-corrected chi connectivity index (χ0v) is 18.2. The van der Waals surface area contributed by atoms with Crippen LogP contribution in [-0.4, -0.2) is 39.1 Å². The minimum atomic E-state index is -1.11. The molecule has 0 fully saturated rings. The topological polar surface area (TPSA) is 69.3 Å². The van der Waals surface area contributed by atoms with Gasteiger partial charge < -0.3 is 10.1 Å². The van der Waals surface area contributed by atoms with Gasteiger partial charge in [-0.25, -0.2) is 4.68 Å². The van der Waals surface area contributed by atoms with Crippen LogP contribution in [0.3, 0.4) is 0 Å². The molecule has 0 spiro atoms. The van der Waals surface area contributed by atoms with Crippen molar-refractivity contribution in [2.24, 2.45) is 0 Å². The first kappa shape index (κ1) is 19.8. The summed E-state index contributed by atoms with van der Waals surface area (Å²) in [6.07, 6.45) is 1.79. The number of rotatable bonds is 7. The lowest BCUT2D eigenvalue weighted by molar-refractivity contribution is 0.0817. The first-order chi connectivity index (χ1) is 13.8. The maximum atomic E-state index is 13.8. The highest BCUT2D eigenvalue weighted by atomic mass is 35.5. The predicted octanol–water partition coefficient (Wildman–Crippen LogP) is 4.93. The molecular weight excluding hydrogens is 411 g/mol. The number of nitrogens with one attached hydrogen (secondary N) is 1. The molecule has 0 aliphatic carbocycles. The van der Waals surface area contributed by atoms with Gasteiger partial charge in [0.05, 0.1) is 11.7 Å². The molecule has 10 heteroatoms. The van der Waals surface area contributed by atoms with Gasteiger partial charge in [-0.2, -0.15) is 19.0 Å². The van der Waals surface area contributed by atoms with E-state index < -0.39 is 14.0 Å². The number of hydrogen-bond acceptors (Lipinski definition) is 5. The van der Waals surface area contributed by atoms with E-state index in [0.717, 1.165) is 33.8 Å². The van der Waals surface area contributed by atoms with Crippen LogP contribution in [0.2, 0.25) is 31.0 Å². The van der Waals surface area contributed by atoms with Gasteiger partial charge >= 0.3 is 0 Å². The Balaban J connectivity index is 1.52. The van der Waals surface area contributed by atoms with Crippen molar-refractivity contribution in [3.05, 3.63) is 47.8 Å². The third kappa shape index (κ3) is 4.41. The van der Waals surface area contributed by atoms with Gasteiger partial charge in [-0.3, -0.25) is 0 Å². The van der Waals surface area contributed by atoms with E-state index in [2.05, 4.69) is 40.1 Å². The van der Waals surface area contributed by atoms with Crippen molar-refractivity contribution in [2.45, 2.75) is 32.4 Å². The summed E-state index contributed by atoms with van der Waals surface area (Å²) in [6.45, 7) is 8.15. The Bertz CT molecular complexity index is 1170. The Hall–Kier alpha value is -2.49. The van der Waals surface area contributed by atoms with Gasteiger partial charge in [0.2, 0.25) is 11.2 Å². The van der Waals surface area contributed by atoms with Crippen molar-refractivity contribution in [2.75, 3.05) is 11.9 Å². The molecule has 0 aliphatic heterocycles. The number of ether oxygens (including phenoxy) is 1. The highest BCUT2D eigenvalue weighted by Crippen LogP contribution is 2.25. The van der Waals surface area contributed by atoms with Gasteiger partial charge in [0, 0.05) is 25.8 Å². The molecule has 0 bridgehead atoms. The number of aromatic nitrogens is 5. The van der Waals surface area contributed by atoms with Gasteiger partial charge in [0.15, 0.2) is 5.82 Å². The van der Waals surface area contributed by atoms with Crippen molar-refractivity contribution >= 4 is 47.6 Å². The molecule has 0 amide bonds. The van der Waals surface area contributed by atoms with Gasteiger partial charge in [-0.1, -0.05) is 19.6 Å². The van der Waals surface area contributed by atoms with E-state index in [1.54, 1.807) is 12.3 Å². The summed E-state index contributed by atoms with van der Waals surface area (Å²) in [6, 6.07) is 9.87. The lowest BCUT2D eigenvalue weighted by atomic mass is 10.2. The first-order valence-electron chi connectivity index (χ1n) is 9.31. The second-order valence-electron chi connectivity index (χ2n) is 8.07. The van der Waals surface area contributed by atoms with Crippen LogP contribution in [0.15, 0.2) is 36.5 Å². The normalized spacial score (nSPS) is 12.2. The maximum Gasteiger partial charge on any atom is 0.243 e. The fraction of sp³-hybridized carbons (Fsp3) is 0.316. The van der Waals surface area contributed by atoms with Crippen molar-refractivity contribution in [3.63, 3.8) is 0 Å². The maximum absolute atomic E-state index is 13.8. The van der Waals surface area contributed by atoms with Gasteiger partial charge in [0.25, 0.3) is 0 Å². The van der Waals surface area contributed by atoms with Gasteiger partial charge in [0.1, 0.15) is 12.2 Å². The summed E-state index contributed by atoms with van der Waals surface area (Å²) in [5.41, 5.74) is 2.26. The lowest BCUT2D eigenvalue weighted by Gasteiger charge is -2.15. The molecule has 29 heavy (non-hydrogen) atoms. The Kier molecular flexibility index (Phi) is 5.28. The molecular formula is C19H22ClFN6OSi. The van der Waals surface area contributed by atoms with Crippen LogP contribution >= 0.6 is 11.6 Å². The van der Waals surface area contributed by atoms with Crippen molar-refractivity contribution in [3.8, 4) is 0 Å². The first-order valence-corrected chi connectivity index (χ1v) is 13.4. The summed E-state index contributed by atoms with van der Waals surface area (Å²) in [5.74, 6) is -0.0754. The van der Waals surface area contributed by atoms with Crippen LogP contribution in [0.1, 0.15) is 0 Å². The van der Waals surface area contributed by atoms with Crippen LogP contribution in [0.5, 0.6) is 0 Å². The van der Waals surface area contributed by atoms with Crippen LogP contribution < -0.4 is 5.32 Å². The summed E-state index contributed by atoms with van der Waals surface area (Å²) in [7, 11) is -1.11. The van der Waals surface area contributed by atoms with E-state index in [4.69, 9.17) is 16.3 Å². The van der Waals surface area contributed by atoms with Crippen LogP contribution in [0.4, 0.5) is 15.9 Å². The van der Waals surface area contributed by atoms with E-state index in [1.807, 2.05) is 22.9 Å². The van der Waals surface area contributed by atoms with Gasteiger partial charge in [-0.05, 0) is 48.0 Å². The predicted molar refractivity (Wildman–Crippen MR) is 115 cm³/mol. The van der Waals surface area contributed by atoms with E-state index >= 15 is 0 Å². The molecule has 0 aliphatic rings. The average Bonchev–Trinajstić information content (AvgIpc) is 3.22. The monoisotopic (exact) mass is 432 g/mol. The molecule has 0 saturated heterocycles. The standard InChI is InChI=1S/C19H22ClFN6OSi/c1-29(2,3)9-8-28-12-26-15-5-4-14(10-13(15)11-22-26)23-18-16-6-7-17(21)27(16)25-19(20)24-18/h4-7,10-11H,8-9,12H2,1-3H3,(H,23,24,25). The Morgan fingerprint density at radius 3 is 2.76 bits per heavy atom. The molecule has 3 heterocycles. The molecule has 4 rings (SSSR count). The van der Waals surface area contributed by atoms with E-state index in [0.29, 0.717) is 18.1 Å². The van der Waals surface area contributed by atoms with E-state index in [-0.39, 0.29) is 5.28 Å². The van der Waals surface area contributed by atoms with E-state index in [9.17, 15) is 4.39 Å². The zero-order chi connectivity index (χ0) is 20.6. The molecule has 0 unspecified atom stereocenters. The second-order valence-corrected chi connectivity index (χ2v) is 14.0. The summed E-state index contributed by atoms with van der Waals surface area (Å²) < 4.78 is 22.6. The summed E-state index contributed by atoms with van der Waals surface area (Å²) in [5, 5.41) is 12.4. The SMILES string of the molecule is C[Si](C)(C)CCOCn1ncc2cc(Nc3nc(Cl)nn4c(F)ccc34)ccc21. The molecule has 4 aromatic rings. The number of halogens is 2. The van der Waals surface area contributed by atoms with Gasteiger partial charge in [-0.15, -0.1) is 5.10 Å². The Morgan fingerprint density at radius 1 is 1.17 bits per heavy atom. The van der Waals surface area contributed by atoms with Crippen LogP contribution in [0.25, 0.3) is 16.4 Å². The minimum Gasteiger partial charge on any atom is -0.360 e. The molecule has 0 saturated carbocycles. The third-order valence-corrected chi connectivity index (χ3v) is 6.42. The highest BCUT2D eigenvalue weighted by molar-refractivity contribution is 6.76. The number of fused-ring (bicyclic) bond motifs is 2. The average molecular weight is 433 g/mol. The lowest BCUT2D eigenvalue weighted by Crippen LogP contribution is -2.22. The summed E-state index contributed by atoms with van der Waals surface area (Å²) >= 11 is 5.93. The van der Waals surface area contributed by atoms with Crippen LogP contribution in [-0.2, 0) is 11.5 Å². The number of hydrogen-bond donors (Lipinski definition) is 1. The molecule has 0 atom stereocenters. The largest absolute Gasteiger partial charge is 0.360 e. The molecule has 3 aromatic heterocycles. The molecule has 1 N–H and O–H groups in total. The fourth-order valence-electron chi connectivity index (χ4n) is 2.97. The third-order valence-electron chi connectivity index (χ3n) is 4.55. The smallest absolute Gasteiger partial charge is 0.243 e. The highest BCUT2D eigenvalue weighted by Gasteiger charge is 2.13. The molecule has 152 valence electrons. The van der Waals surface area contributed by atoms with Crippen LogP contribution in [0, 0.1) is 5.95 Å². The Labute approximate surface area is 173 Å². The molecule has 1 aromatic carbocycles. The van der Waals surface area contributed by atoms with Crippen molar-refractivity contribution in [1.82, 2.24) is 24.4 Å². The number of anilines is 2. The van der Waals surface area contributed by atoms with Crippen molar-refractivity contribution in [1.29, 1.82) is 0 Å². The number of nitrogens with zero attached hydrogens (tertiary/aromatic N) is 5. The quantitative estimate of drug-likeness (QED) is 0.331. The Morgan fingerprint density at radius 2 is 1.97 bits per heavy atom.